The summed E-state index contributed by atoms with van der Waals surface area (Å²) in [5.74, 6) is -1.13. The summed E-state index contributed by atoms with van der Waals surface area (Å²) in [6.45, 7) is 2.62. The molecule has 1 aromatic carbocycles. The SMILES string of the molecule is Cc1c(C(=O)N(C)CCC(=O)O)cnn1Cc1ccccc1. The summed E-state index contributed by atoms with van der Waals surface area (Å²) in [6, 6.07) is 9.87. The van der Waals surface area contributed by atoms with Gasteiger partial charge in [0.05, 0.1) is 24.7 Å². The van der Waals surface area contributed by atoms with E-state index in [4.69, 9.17) is 5.11 Å². The molecule has 1 heterocycles. The molecule has 0 saturated heterocycles. The number of carboxylic acid groups (broad SMARTS) is 1. The van der Waals surface area contributed by atoms with Crippen molar-refractivity contribution in [1.82, 2.24) is 14.7 Å². The summed E-state index contributed by atoms with van der Waals surface area (Å²) in [7, 11) is 1.60. The number of amides is 1. The maximum atomic E-state index is 12.3. The highest BCUT2D eigenvalue weighted by Crippen LogP contribution is 2.12. The third-order valence-electron chi connectivity index (χ3n) is 3.52. The number of hydrogen-bond acceptors (Lipinski definition) is 3. The third kappa shape index (κ3) is 3.72. The third-order valence-corrected chi connectivity index (χ3v) is 3.52. The molecule has 2 aromatic rings. The van der Waals surface area contributed by atoms with Crippen molar-refractivity contribution in [3.8, 4) is 0 Å². The second-order valence-corrected chi connectivity index (χ2v) is 5.16. The van der Waals surface area contributed by atoms with E-state index in [0.717, 1.165) is 11.3 Å². The fourth-order valence-electron chi connectivity index (χ4n) is 2.14. The van der Waals surface area contributed by atoms with E-state index in [1.165, 1.54) is 11.1 Å². The van der Waals surface area contributed by atoms with E-state index in [-0.39, 0.29) is 18.9 Å². The summed E-state index contributed by atoms with van der Waals surface area (Å²) in [5.41, 5.74) is 2.38. The quantitative estimate of drug-likeness (QED) is 0.882. The van der Waals surface area contributed by atoms with Crippen molar-refractivity contribution in [1.29, 1.82) is 0 Å². The van der Waals surface area contributed by atoms with Crippen LogP contribution < -0.4 is 0 Å². The molecule has 0 saturated carbocycles. The monoisotopic (exact) mass is 301 g/mol. The molecule has 0 fully saturated rings. The first-order chi connectivity index (χ1) is 10.5. The molecule has 1 amide bonds. The maximum Gasteiger partial charge on any atom is 0.305 e. The number of carbonyl (C=O) groups excluding carboxylic acids is 1. The van der Waals surface area contributed by atoms with E-state index < -0.39 is 5.97 Å². The van der Waals surface area contributed by atoms with E-state index in [1.807, 2.05) is 37.3 Å². The molecule has 0 aliphatic carbocycles. The van der Waals surface area contributed by atoms with Gasteiger partial charge in [-0.05, 0) is 12.5 Å². The number of benzene rings is 1. The first-order valence-corrected chi connectivity index (χ1v) is 7.02. The van der Waals surface area contributed by atoms with Crippen molar-refractivity contribution < 1.29 is 14.7 Å². The summed E-state index contributed by atoms with van der Waals surface area (Å²) in [5, 5.41) is 12.9. The number of hydrogen-bond donors (Lipinski definition) is 1. The van der Waals surface area contributed by atoms with Gasteiger partial charge in [-0.15, -0.1) is 0 Å². The average molecular weight is 301 g/mol. The molecule has 1 aromatic heterocycles. The van der Waals surface area contributed by atoms with Gasteiger partial charge >= 0.3 is 5.97 Å². The van der Waals surface area contributed by atoms with E-state index >= 15 is 0 Å². The lowest BCUT2D eigenvalue weighted by Gasteiger charge is -2.15. The second kappa shape index (κ2) is 6.89. The molecule has 0 aliphatic heterocycles. The minimum absolute atomic E-state index is 0.0700. The standard InChI is InChI=1S/C16H19N3O3/c1-12-14(16(22)18(2)9-8-15(20)21)10-17-19(12)11-13-6-4-3-5-7-13/h3-7,10H,8-9,11H2,1-2H3,(H,20,21). The van der Waals surface area contributed by atoms with Crippen molar-refractivity contribution >= 4 is 11.9 Å². The molecule has 22 heavy (non-hydrogen) atoms. The highest BCUT2D eigenvalue weighted by molar-refractivity contribution is 5.95. The molecule has 6 heteroatoms. The molecule has 6 nitrogen and oxygen atoms in total. The van der Waals surface area contributed by atoms with Crippen LogP contribution in [0.25, 0.3) is 0 Å². The van der Waals surface area contributed by atoms with Gasteiger partial charge in [0.2, 0.25) is 0 Å². The van der Waals surface area contributed by atoms with Crippen molar-refractivity contribution in [2.75, 3.05) is 13.6 Å². The lowest BCUT2D eigenvalue weighted by Crippen LogP contribution is -2.29. The first kappa shape index (κ1) is 15.8. The lowest BCUT2D eigenvalue weighted by molar-refractivity contribution is -0.137. The van der Waals surface area contributed by atoms with Gasteiger partial charge in [-0.1, -0.05) is 30.3 Å². The molecule has 0 unspecified atom stereocenters. The van der Waals surface area contributed by atoms with Crippen LogP contribution >= 0.6 is 0 Å². The zero-order chi connectivity index (χ0) is 16.1. The predicted octanol–water partition coefficient (Wildman–Crippen LogP) is 1.79. The number of aliphatic carboxylic acids is 1. The van der Waals surface area contributed by atoms with Crippen LogP contribution in [0, 0.1) is 6.92 Å². The van der Waals surface area contributed by atoms with Crippen molar-refractivity contribution in [3.05, 3.63) is 53.3 Å². The predicted molar refractivity (Wildman–Crippen MR) is 81.7 cm³/mol. The number of carboxylic acids is 1. The molecule has 0 bridgehead atoms. The van der Waals surface area contributed by atoms with Crippen molar-refractivity contribution in [3.63, 3.8) is 0 Å². The number of rotatable bonds is 6. The molecule has 116 valence electrons. The van der Waals surface area contributed by atoms with E-state index in [9.17, 15) is 9.59 Å². The first-order valence-electron chi connectivity index (χ1n) is 7.02. The normalized spacial score (nSPS) is 10.5. The Labute approximate surface area is 129 Å². The van der Waals surface area contributed by atoms with Gasteiger partial charge in [-0.3, -0.25) is 14.3 Å². The summed E-state index contributed by atoms with van der Waals surface area (Å²) >= 11 is 0. The summed E-state index contributed by atoms with van der Waals surface area (Å²) in [6.07, 6.45) is 1.47. The molecule has 1 N–H and O–H groups in total. The Morgan fingerprint density at radius 1 is 1.27 bits per heavy atom. The van der Waals surface area contributed by atoms with Gasteiger partial charge in [0, 0.05) is 19.3 Å². The van der Waals surface area contributed by atoms with Gasteiger partial charge < -0.3 is 10.0 Å². The lowest BCUT2D eigenvalue weighted by atomic mass is 10.2. The number of aromatic nitrogens is 2. The molecule has 2 rings (SSSR count). The average Bonchev–Trinajstić information content (AvgIpc) is 2.86. The van der Waals surface area contributed by atoms with Crippen LogP contribution in [0.4, 0.5) is 0 Å². The molecule has 0 spiro atoms. The number of carbonyl (C=O) groups is 2. The molecule has 0 atom stereocenters. The minimum atomic E-state index is -0.920. The van der Waals surface area contributed by atoms with Gasteiger partial charge in [-0.2, -0.15) is 5.10 Å². The molecule has 0 radical (unpaired) electrons. The Morgan fingerprint density at radius 2 is 1.95 bits per heavy atom. The summed E-state index contributed by atoms with van der Waals surface area (Å²) in [4.78, 5) is 24.3. The maximum absolute atomic E-state index is 12.3. The molecular formula is C16H19N3O3. The fourth-order valence-corrected chi connectivity index (χ4v) is 2.14. The van der Waals surface area contributed by atoms with Gasteiger partial charge in [0.1, 0.15) is 0 Å². The van der Waals surface area contributed by atoms with Crippen molar-refractivity contribution in [2.45, 2.75) is 19.9 Å². The van der Waals surface area contributed by atoms with Crippen LogP contribution in [0.1, 0.15) is 28.0 Å². The second-order valence-electron chi connectivity index (χ2n) is 5.16. The molecule has 0 aliphatic rings. The molecular weight excluding hydrogens is 282 g/mol. The highest BCUT2D eigenvalue weighted by atomic mass is 16.4. The zero-order valence-corrected chi connectivity index (χ0v) is 12.7. The highest BCUT2D eigenvalue weighted by Gasteiger charge is 2.18. The van der Waals surface area contributed by atoms with E-state index in [2.05, 4.69) is 5.10 Å². The van der Waals surface area contributed by atoms with Crippen LogP contribution in [0.5, 0.6) is 0 Å². The Hall–Kier alpha value is -2.63. The van der Waals surface area contributed by atoms with Crippen LogP contribution in [0.2, 0.25) is 0 Å². The topological polar surface area (TPSA) is 75.4 Å². The Balaban J connectivity index is 2.10. The Morgan fingerprint density at radius 3 is 2.59 bits per heavy atom. The largest absolute Gasteiger partial charge is 0.481 e. The summed E-state index contributed by atoms with van der Waals surface area (Å²) < 4.78 is 1.77. The smallest absolute Gasteiger partial charge is 0.305 e. The van der Waals surface area contributed by atoms with Crippen LogP contribution in [0.15, 0.2) is 36.5 Å². The Kier molecular flexibility index (Phi) is 4.93. The van der Waals surface area contributed by atoms with Crippen LogP contribution in [-0.2, 0) is 11.3 Å². The minimum Gasteiger partial charge on any atom is -0.481 e. The van der Waals surface area contributed by atoms with Gasteiger partial charge in [-0.25, -0.2) is 0 Å². The van der Waals surface area contributed by atoms with Crippen LogP contribution in [-0.4, -0.2) is 45.3 Å². The zero-order valence-electron chi connectivity index (χ0n) is 12.7. The van der Waals surface area contributed by atoms with E-state index in [0.29, 0.717) is 12.1 Å². The number of nitrogens with zero attached hydrogens (tertiary/aromatic N) is 3. The Bertz CT molecular complexity index is 665. The van der Waals surface area contributed by atoms with Gasteiger partial charge in [0.25, 0.3) is 5.91 Å². The fraction of sp³-hybridized carbons (Fsp3) is 0.312. The van der Waals surface area contributed by atoms with Crippen molar-refractivity contribution in [2.24, 2.45) is 0 Å². The van der Waals surface area contributed by atoms with Crippen LogP contribution in [0.3, 0.4) is 0 Å². The van der Waals surface area contributed by atoms with Gasteiger partial charge in [0.15, 0.2) is 0 Å². The van der Waals surface area contributed by atoms with E-state index in [1.54, 1.807) is 11.7 Å².